The average molecular weight is 304 g/mol. The van der Waals surface area contributed by atoms with Crippen LogP contribution in [0, 0.1) is 0 Å². The number of ether oxygens (including phenoxy) is 1. The molecule has 3 nitrogen and oxygen atoms in total. The van der Waals surface area contributed by atoms with E-state index in [1.54, 1.807) is 12.1 Å². The summed E-state index contributed by atoms with van der Waals surface area (Å²) in [4.78, 5) is 2.09. The molecule has 0 aliphatic carbocycles. The van der Waals surface area contributed by atoms with Gasteiger partial charge in [-0.1, -0.05) is 25.5 Å². The van der Waals surface area contributed by atoms with Crippen molar-refractivity contribution in [1.29, 1.82) is 0 Å². The quantitative estimate of drug-likeness (QED) is 0.834. The fourth-order valence-corrected chi connectivity index (χ4v) is 2.39. The van der Waals surface area contributed by atoms with Crippen LogP contribution in [0.3, 0.4) is 0 Å². The van der Waals surface area contributed by atoms with Crippen molar-refractivity contribution in [3.63, 3.8) is 0 Å². The normalized spacial score (nSPS) is 15.0. The number of benzene rings is 1. The van der Waals surface area contributed by atoms with Crippen LogP contribution in [0.2, 0.25) is 0 Å². The van der Waals surface area contributed by atoms with Crippen LogP contribution in [0.15, 0.2) is 24.3 Å². The molecule has 2 unspecified atom stereocenters. The molecule has 6 heteroatoms. The summed E-state index contributed by atoms with van der Waals surface area (Å²) in [5, 5.41) is 0. The van der Waals surface area contributed by atoms with Gasteiger partial charge in [0.15, 0.2) is 0 Å². The third-order valence-electron chi connectivity index (χ3n) is 3.59. The van der Waals surface area contributed by atoms with Crippen molar-refractivity contribution in [2.75, 3.05) is 13.6 Å². The first-order valence-electron chi connectivity index (χ1n) is 7.06. The molecule has 2 atom stereocenters. The molecule has 0 heterocycles. The maximum absolute atomic E-state index is 12.3. The molecule has 120 valence electrons. The molecule has 0 saturated heterocycles. The second kappa shape index (κ2) is 7.66. The summed E-state index contributed by atoms with van der Waals surface area (Å²) >= 11 is 0. The van der Waals surface area contributed by atoms with Crippen LogP contribution in [0.25, 0.3) is 0 Å². The lowest BCUT2D eigenvalue weighted by molar-refractivity contribution is -0.274. The zero-order valence-electron chi connectivity index (χ0n) is 12.7. The molecule has 0 spiro atoms. The van der Waals surface area contributed by atoms with Crippen molar-refractivity contribution >= 4 is 0 Å². The van der Waals surface area contributed by atoms with Crippen LogP contribution in [0.4, 0.5) is 13.2 Å². The molecule has 21 heavy (non-hydrogen) atoms. The van der Waals surface area contributed by atoms with Crippen molar-refractivity contribution < 1.29 is 17.9 Å². The Labute approximate surface area is 123 Å². The number of halogens is 3. The highest BCUT2D eigenvalue weighted by Crippen LogP contribution is 2.28. The van der Waals surface area contributed by atoms with E-state index in [0.717, 1.165) is 18.4 Å². The molecule has 0 aliphatic heterocycles. The highest BCUT2D eigenvalue weighted by atomic mass is 19.4. The van der Waals surface area contributed by atoms with Gasteiger partial charge >= 0.3 is 6.36 Å². The van der Waals surface area contributed by atoms with E-state index < -0.39 is 6.36 Å². The highest BCUT2D eigenvalue weighted by Gasteiger charge is 2.31. The predicted octanol–water partition coefficient (Wildman–Crippen LogP) is 3.71. The van der Waals surface area contributed by atoms with E-state index in [4.69, 9.17) is 5.73 Å². The third kappa shape index (κ3) is 5.55. The van der Waals surface area contributed by atoms with Gasteiger partial charge in [0.25, 0.3) is 0 Å². The summed E-state index contributed by atoms with van der Waals surface area (Å²) in [6.07, 6.45) is -2.63. The largest absolute Gasteiger partial charge is 0.573 e. The summed E-state index contributed by atoms with van der Waals surface area (Å²) in [5.41, 5.74) is 6.54. The molecule has 0 amide bonds. The van der Waals surface area contributed by atoms with E-state index in [1.807, 2.05) is 7.05 Å². The Balaban J connectivity index is 2.93. The van der Waals surface area contributed by atoms with Crippen molar-refractivity contribution in [2.24, 2.45) is 5.73 Å². The predicted molar refractivity (Wildman–Crippen MR) is 77.1 cm³/mol. The van der Waals surface area contributed by atoms with E-state index in [1.165, 1.54) is 12.1 Å². The molecule has 0 saturated carbocycles. The van der Waals surface area contributed by atoms with Crippen molar-refractivity contribution in [3.8, 4) is 5.75 Å². The minimum absolute atomic E-state index is 0.136. The van der Waals surface area contributed by atoms with Crippen molar-refractivity contribution in [3.05, 3.63) is 29.8 Å². The van der Waals surface area contributed by atoms with Crippen molar-refractivity contribution in [2.45, 2.75) is 45.1 Å². The van der Waals surface area contributed by atoms with Gasteiger partial charge in [-0.05, 0) is 38.1 Å². The molecule has 0 fully saturated rings. The van der Waals surface area contributed by atoms with Crippen molar-refractivity contribution in [1.82, 2.24) is 4.90 Å². The summed E-state index contributed by atoms with van der Waals surface area (Å²) < 4.78 is 40.8. The maximum Gasteiger partial charge on any atom is 0.573 e. The number of hydrogen-bond acceptors (Lipinski definition) is 3. The number of nitrogens with two attached hydrogens (primary N) is 1. The topological polar surface area (TPSA) is 38.5 Å². The standard InChI is InChI=1S/C15H23F3N2O/c1-4-6-11(2)20(3)14(10-19)12-7-5-8-13(9-12)21-15(16,17)18/h5,7-9,11,14H,4,6,10,19H2,1-3H3. The van der Waals surface area contributed by atoms with Gasteiger partial charge in [0, 0.05) is 18.6 Å². The van der Waals surface area contributed by atoms with Crippen LogP contribution in [-0.4, -0.2) is 30.9 Å². The van der Waals surface area contributed by atoms with E-state index in [2.05, 4.69) is 23.5 Å². The monoisotopic (exact) mass is 304 g/mol. The van der Waals surface area contributed by atoms with E-state index >= 15 is 0 Å². The molecular weight excluding hydrogens is 281 g/mol. The second-order valence-electron chi connectivity index (χ2n) is 5.17. The lowest BCUT2D eigenvalue weighted by Crippen LogP contribution is -2.37. The van der Waals surface area contributed by atoms with Gasteiger partial charge in [-0.25, -0.2) is 0 Å². The van der Waals surface area contributed by atoms with E-state index in [9.17, 15) is 13.2 Å². The average Bonchev–Trinajstić information content (AvgIpc) is 2.38. The Morgan fingerprint density at radius 2 is 2.00 bits per heavy atom. The van der Waals surface area contributed by atoms with E-state index in [-0.39, 0.29) is 11.8 Å². The molecule has 1 rings (SSSR count). The number of hydrogen-bond donors (Lipinski definition) is 1. The number of alkyl halides is 3. The molecule has 0 aromatic heterocycles. The zero-order chi connectivity index (χ0) is 16.0. The minimum atomic E-state index is -4.68. The molecule has 1 aromatic carbocycles. The first kappa shape index (κ1) is 17.8. The third-order valence-corrected chi connectivity index (χ3v) is 3.59. The zero-order valence-corrected chi connectivity index (χ0v) is 12.7. The molecule has 0 aliphatic rings. The van der Waals surface area contributed by atoms with Gasteiger partial charge in [-0.2, -0.15) is 0 Å². The molecular formula is C15H23F3N2O. The van der Waals surface area contributed by atoms with Crippen LogP contribution in [0.5, 0.6) is 5.75 Å². The van der Waals surface area contributed by atoms with Gasteiger partial charge in [0.1, 0.15) is 5.75 Å². The Morgan fingerprint density at radius 1 is 1.33 bits per heavy atom. The fraction of sp³-hybridized carbons (Fsp3) is 0.600. The maximum atomic E-state index is 12.3. The Hall–Kier alpha value is -1.27. The smallest absolute Gasteiger partial charge is 0.406 e. The minimum Gasteiger partial charge on any atom is -0.406 e. The summed E-state index contributed by atoms with van der Waals surface area (Å²) in [5.74, 6) is -0.213. The lowest BCUT2D eigenvalue weighted by atomic mass is 10.0. The Morgan fingerprint density at radius 3 is 2.52 bits per heavy atom. The number of likely N-dealkylation sites (N-methyl/N-ethyl adjacent to an activating group) is 1. The summed E-state index contributed by atoms with van der Waals surface area (Å²) in [7, 11) is 1.94. The Kier molecular flexibility index (Phi) is 6.48. The van der Waals surface area contributed by atoms with Gasteiger partial charge in [0.05, 0.1) is 0 Å². The van der Waals surface area contributed by atoms with Crippen LogP contribution >= 0.6 is 0 Å². The fourth-order valence-electron chi connectivity index (χ4n) is 2.39. The van der Waals surface area contributed by atoms with Gasteiger partial charge in [-0.3, -0.25) is 4.90 Å². The SMILES string of the molecule is CCCC(C)N(C)C(CN)c1cccc(OC(F)(F)F)c1. The van der Waals surface area contributed by atoms with Gasteiger partial charge in [-0.15, -0.1) is 13.2 Å². The first-order chi connectivity index (χ1) is 9.78. The van der Waals surface area contributed by atoms with Gasteiger partial charge in [0.2, 0.25) is 0 Å². The molecule has 0 radical (unpaired) electrons. The molecule has 2 N–H and O–H groups in total. The highest BCUT2D eigenvalue weighted by molar-refractivity contribution is 5.31. The summed E-state index contributed by atoms with van der Waals surface area (Å²) in [6.45, 7) is 4.52. The molecule has 1 aromatic rings. The van der Waals surface area contributed by atoms with Crippen LogP contribution < -0.4 is 10.5 Å². The number of nitrogens with zero attached hydrogens (tertiary/aromatic N) is 1. The second-order valence-corrected chi connectivity index (χ2v) is 5.17. The Bertz CT molecular complexity index is 437. The summed E-state index contributed by atoms with van der Waals surface area (Å²) in [6, 6.07) is 6.19. The van der Waals surface area contributed by atoms with Crippen LogP contribution in [-0.2, 0) is 0 Å². The van der Waals surface area contributed by atoms with Crippen LogP contribution in [0.1, 0.15) is 38.3 Å². The molecule has 0 bridgehead atoms. The number of rotatable bonds is 7. The van der Waals surface area contributed by atoms with Gasteiger partial charge < -0.3 is 10.5 Å². The first-order valence-corrected chi connectivity index (χ1v) is 7.06. The van der Waals surface area contributed by atoms with E-state index in [0.29, 0.717) is 12.6 Å². The lowest BCUT2D eigenvalue weighted by Gasteiger charge is -2.33.